The van der Waals surface area contributed by atoms with Gasteiger partial charge in [0.25, 0.3) is 0 Å². The molecule has 0 saturated carbocycles. The van der Waals surface area contributed by atoms with Gasteiger partial charge in [-0.25, -0.2) is 9.79 Å². The third kappa shape index (κ3) is 5.50. The molecule has 1 unspecified atom stereocenters. The number of ether oxygens (including phenoxy) is 1. The van der Waals surface area contributed by atoms with Crippen LogP contribution in [0, 0.1) is 0 Å². The monoisotopic (exact) mass is 468 g/mol. The summed E-state index contributed by atoms with van der Waals surface area (Å²) in [7, 11) is 0. The average Bonchev–Trinajstić information content (AvgIpc) is 3.43. The van der Waals surface area contributed by atoms with Gasteiger partial charge in [0.05, 0.1) is 29.8 Å². The van der Waals surface area contributed by atoms with Crippen molar-refractivity contribution in [3.8, 4) is 0 Å². The molecule has 33 heavy (non-hydrogen) atoms. The Kier molecular flexibility index (Phi) is 7.55. The van der Waals surface area contributed by atoms with Gasteiger partial charge in [-0.1, -0.05) is 42.1 Å². The van der Waals surface area contributed by atoms with Crippen molar-refractivity contribution in [2.45, 2.75) is 52.2 Å². The molecule has 0 aliphatic carbocycles. The number of aliphatic imine (C=N–C) groups is 1. The van der Waals surface area contributed by atoms with E-state index >= 15 is 0 Å². The van der Waals surface area contributed by atoms with Crippen LogP contribution in [0.25, 0.3) is 0 Å². The summed E-state index contributed by atoms with van der Waals surface area (Å²) in [5, 5.41) is 5.81. The molecule has 0 aromatic heterocycles. The van der Waals surface area contributed by atoms with Crippen LogP contribution in [-0.2, 0) is 14.3 Å². The fraction of sp³-hybridized carbons (Fsp3) is 0.480. The minimum atomic E-state index is -0.386. The van der Waals surface area contributed by atoms with E-state index in [1.807, 2.05) is 61.4 Å². The summed E-state index contributed by atoms with van der Waals surface area (Å²) in [5.41, 5.74) is 2.97. The van der Waals surface area contributed by atoms with E-state index < -0.39 is 0 Å². The van der Waals surface area contributed by atoms with Crippen molar-refractivity contribution in [3.05, 3.63) is 58.3 Å². The molecule has 3 heterocycles. The van der Waals surface area contributed by atoms with Crippen molar-refractivity contribution < 1.29 is 14.3 Å². The van der Waals surface area contributed by atoms with Gasteiger partial charge >= 0.3 is 5.97 Å². The van der Waals surface area contributed by atoms with Crippen LogP contribution >= 0.6 is 11.8 Å². The summed E-state index contributed by atoms with van der Waals surface area (Å²) in [6.07, 6.45) is 2.49. The second kappa shape index (κ2) is 10.6. The number of carbonyl (C=O) groups excluding carboxylic acids is 2. The van der Waals surface area contributed by atoms with Gasteiger partial charge in [-0.3, -0.25) is 4.79 Å². The highest BCUT2D eigenvalue weighted by Crippen LogP contribution is 2.44. The van der Waals surface area contributed by atoms with Crippen LogP contribution in [-0.4, -0.2) is 59.1 Å². The minimum absolute atomic E-state index is 0.0216. The molecule has 3 aliphatic heterocycles. The maximum atomic E-state index is 13.1. The summed E-state index contributed by atoms with van der Waals surface area (Å²) in [5.74, 6) is -0.392. The third-order valence-electron chi connectivity index (χ3n) is 5.97. The molecule has 1 fully saturated rings. The van der Waals surface area contributed by atoms with Crippen molar-refractivity contribution in [1.82, 2.24) is 15.1 Å². The number of fused-ring (bicyclic) bond motifs is 1. The van der Waals surface area contributed by atoms with Gasteiger partial charge in [0.2, 0.25) is 5.91 Å². The first kappa shape index (κ1) is 23.6. The summed E-state index contributed by atoms with van der Waals surface area (Å²) in [6, 6.07) is 9.48. The van der Waals surface area contributed by atoms with Crippen molar-refractivity contribution in [2.24, 2.45) is 4.99 Å². The number of nitrogens with one attached hydrogen (secondary N) is 1. The van der Waals surface area contributed by atoms with E-state index in [-0.39, 0.29) is 30.4 Å². The normalized spacial score (nSPS) is 20.6. The summed E-state index contributed by atoms with van der Waals surface area (Å²) >= 11 is 1.49. The number of allylic oxidation sites excluding steroid dienone is 1. The first-order valence-electron chi connectivity index (χ1n) is 11.6. The van der Waals surface area contributed by atoms with Gasteiger partial charge in [0.15, 0.2) is 5.17 Å². The number of benzene rings is 1. The Morgan fingerprint density at radius 1 is 1.21 bits per heavy atom. The lowest BCUT2D eigenvalue weighted by molar-refractivity contribution is -0.143. The van der Waals surface area contributed by atoms with Crippen LogP contribution < -0.4 is 5.32 Å². The highest BCUT2D eigenvalue weighted by Gasteiger charge is 2.41. The van der Waals surface area contributed by atoms with Crippen LogP contribution in [0.5, 0.6) is 0 Å². The summed E-state index contributed by atoms with van der Waals surface area (Å²) < 4.78 is 5.58. The van der Waals surface area contributed by atoms with E-state index in [9.17, 15) is 9.59 Å². The van der Waals surface area contributed by atoms with E-state index in [0.29, 0.717) is 17.8 Å². The number of rotatable bonds is 8. The molecule has 7 nitrogen and oxygen atoms in total. The van der Waals surface area contributed by atoms with E-state index in [4.69, 9.17) is 9.73 Å². The molecular weight excluding hydrogens is 436 g/mol. The lowest BCUT2D eigenvalue weighted by Gasteiger charge is -2.36. The molecule has 1 saturated heterocycles. The fourth-order valence-corrected chi connectivity index (χ4v) is 5.41. The van der Waals surface area contributed by atoms with Gasteiger partial charge in [-0.05, 0) is 57.7 Å². The molecule has 0 spiro atoms. The highest BCUT2D eigenvalue weighted by atomic mass is 32.2. The van der Waals surface area contributed by atoms with Crippen LogP contribution in [0.4, 0.5) is 0 Å². The van der Waals surface area contributed by atoms with Crippen LogP contribution in [0.3, 0.4) is 0 Å². The molecule has 8 heteroatoms. The van der Waals surface area contributed by atoms with Crippen LogP contribution in [0.1, 0.15) is 51.6 Å². The van der Waals surface area contributed by atoms with Crippen molar-refractivity contribution >= 4 is 28.8 Å². The maximum Gasteiger partial charge on any atom is 0.338 e. The van der Waals surface area contributed by atoms with E-state index in [2.05, 4.69) is 10.2 Å². The lowest BCUT2D eigenvalue weighted by Crippen LogP contribution is -2.39. The zero-order valence-electron chi connectivity index (χ0n) is 19.5. The van der Waals surface area contributed by atoms with Gasteiger partial charge in [0, 0.05) is 18.8 Å². The number of likely N-dealkylation sites (tertiary alicyclic amines) is 1. The molecule has 1 aromatic carbocycles. The molecule has 176 valence electrons. The number of carbonyl (C=O) groups is 2. The third-order valence-corrected chi connectivity index (χ3v) is 6.86. The number of thioether (sulfide) groups is 1. The maximum absolute atomic E-state index is 13.1. The molecule has 1 atom stereocenters. The molecule has 3 aliphatic rings. The quantitative estimate of drug-likeness (QED) is 0.585. The fourth-order valence-electron chi connectivity index (χ4n) is 4.45. The second-order valence-electron chi connectivity index (χ2n) is 8.83. The van der Waals surface area contributed by atoms with E-state index in [1.165, 1.54) is 24.6 Å². The smallest absolute Gasteiger partial charge is 0.338 e. The first-order valence-corrected chi connectivity index (χ1v) is 12.5. The summed E-state index contributed by atoms with van der Waals surface area (Å²) in [6.45, 7) is 9.29. The number of esters is 1. The van der Waals surface area contributed by atoms with E-state index in [0.717, 1.165) is 36.1 Å². The predicted octanol–water partition coefficient (Wildman–Crippen LogP) is 3.82. The van der Waals surface area contributed by atoms with Crippen molar-refractivity contribution in [1.29, 1.82) is 0 Å². The molecule has 0 radical (unpaired) electrons. The average molecular weight is 469 g/mol. The lowest BCUT2D eigenvalue weighted by atomic mass is 9.94. The Labute approximate surface area is 199 Å². The number of amides is 1. The minimum Gasteiger partial charge on any atom is -0.459 e. The SMILES string of the molecule is CC1=C(C(=O)OC(C)C)C(c2ccccc2)N2C(CC(=O)NCCN3CCCC3)=CSC2=N1. The largest absolute Gasteiger partial charge is 0.459 e. The number of nitrogens with zero attached hydrogens (tertiary/aromatic N) is 3. The standard InChI is InChI=1S/C25H32N4O3S/c1-17(2)32-24(31)22-18(3)27-25-29(23(22)19-9-5-4-6-10-19)20(16-33-25)15-21(30)26-11-14-28-12-7-8-13-28/h4-6,9-10,16-17,23H,7-8,11-15H2,1-3H3,(H,26,30). The molecule has 4 rings (SSSR count). The Balaban J connectivity index is 1.53. The van der Waals surface area contributed by atoms with Crippen molar-refractivity contribution in [3.63, 3.8) is 0 Å². The number of hydrogen-bond acceptors (Lipinski definition) is 7. The van der Waals surface area contributed by atoms with Gasteiger partial charge < -0.3 is 19.9 Å². The van der Waals surface area contributed by atoms with Gasteiger partial charge in [-0.15, -0.1) is 0 Å². The number of hydrogen-bond donors (Lipinski definition) is 1. The molecule has 0 bridgehead atoms. The predicted molar refractivity (Wildman–Crippen MR) is 131 cm³/mol. The van der Waals surface area contributed by atoms with Crippen LogP contribution in [0.2, 0.25) is 0 Å². The summed E-state index contributed by atoms with van der Waals surface area (Å²) in [4.78, 5) is 35.0. The second-order valence-corrected chi connectivity index (χ2v) is 9.67. The molecule has 1 aromatic rings. The Morgan fingerprint density at radius 3 is 2.64 bits per heavy atom. The topological polar surface area (TPSA) is 74.2 Å². The molecule has 1 amide bonds. The first-order chi connectivity index (χ1) is 15.9. The Bertz CT molecular complexity index is 981. The molecule has 1 N–H and O–H groups in total. The Morgan fingerprint density at radius 2 is 1.94 bits per heavy atom. The van der Waals surface area contributed by atoms with Gasteiger partial charge in [0.1, 0.15) is 0 Å². The zero-order chi connectivity index (χ0) is 23.4. The Hall–Kier alpha value is -2.58. The number of amidine groups is 1. The molecular formula is C25H32N4O3S. The highest BCUT2D eigenvalue weighted by molar-refractivity contribution is 8.16. The van der Waals surface area contributed by atoms with Crippen molar-refractivity contribution in [2.75, 3.05) is 26.2 Å². The van der Waals surface area contributed by atoms with Gasteiger partial charge in [-0.2, -0.15) is 0 Å². The van der Waals surface area contributed by atoms with E-state index in [1.54, 1.807) is 0 Å². The van der Waals surface area contributed by atoms with Crippen LogP contribution in [0.15, 0.2) is 57.7 Å². The zero-order valence-corrected chi connectivity index (χ0v) is 20.4.